The summed E-state index contributed by atoms with van der Waals surface area (Å²) < 4.78 is 0. The predicted octanol–water partition coefficient (Wildman–Crippen LogP) is 3.73. The molecular weight excluding hydrogens is 384 g/mol. The molecular formula is C19H19ClN4O4. The Kier molecular flexibility index (Phi) is 5.79. The molecule has 1 aliphatic heterocycles. The molecule has 2 atom stereocenters. The van der Waals surface area contributed by atoms with Crippen LogP contribution in [0.4, 0.5) is 16.2 Å². The molecule has 1 fully saturated rings. The minimum absolute atomic E-state index is 0.0463. The number of nitrogens with one attached hydrogen (secondary N) is 2. The number of benzene rings is 2. The number of anilines is 1. The number of non-ortho nitro benzene ring substituents is 1. The molecule has 1 heterocycles. The summed E-state index contributed by atoms with van der Waals surface area (Å²) in [5, 5.41) is 16.3. The lowest BCUT2D eigenvalue weighted by molar-refractivity contribution is -0.384. The summed E-state index contributed by atoms with van der Waals surface area (Å²) in [6.45, 7) is 2.32. The second kappa shape index (κ2) is 8.26. The second-order valence-corrected chi connectivity index (χ2v) is 6.96. The van der Waals surface area contributed by atoms with E-state index in [0.29, 0.717) is 6.54 Å². The maximum atomic E-state index is 12.4. The van der Waals surface area contributed by atoms with Gasteiger partial charge in [0.2, 0.25) is 5.91 Å². The second-order valence-electron chi connectivity index (χ2n) is 6.55. The van der Waals surface area contributed by atoms with Crippen LogP contribution in [0.1, 0.15) is 24.9 Å². The summed E-state index contributed by atoms with van der Waals surface area (Å²) >= 11 is 5.99. The molecule has 1 saturated heterocycles. The molecule has 2 aromatic rings. The van der Waals surface area contributed by atoms with Gasteiger partial charge in [0.1, 0.15) is 0 Å². The SMILES string of the molecule is CC(c1ccccc1)N1CC(NC(=O)Nc2cc([N+](=O)[O-])ccc2Cl)CC1=O. The number of amides is 3. The summed E-state index contributed by atoms with van der Waals surface area (Å²) in [5.74, 6) is -0.0463. The van der Waals surface area contributed by atoms with Gasteiger partial charge in [-0.15, -0.1) is 0 Å². The monoisotopic (exact) mass is 402 g/mol. The van der Waals surface area contributed by atoms with Gasteiger partial charge in [-0.3, -0.25) is 14.9 Å². The van der Waals surface area contributed by atoms with E-state index in [1.54, 1.807) is 4.90 Å². The number of urea groups is 1. The normalized spacial score (nSPS) is 17.3. The molecule has 0 bridgehead atoms. The van der Waals surface area contributed by atoms with Gasteiger partial charge in [-0.05, 0) is 18.6 Å². The first-order valence-corrected chi connectivity index (χ1v) is 9.09. The van der Waals surface area contributed by atoms with Gasteiger partial charge in [-0.25, -0.2) is 4.79 Å². The highest BCUT2D eigenvalue weighted by molar-refractivity contribution is 6.33. The third kappa shape index (κ3) is 4.40. The largest absolute Gasteiger partial charge is 0.334 e. The number of nitrogens with zero attached hydrogens (tertiary/aromatic N) is 2. The zero-order chi connectivity index (χ0) is 20.3. The van der Waals surface area contributed by atoms with Crippen molar-refractivity contribution in [3.8, 4) is 0 Å². The highest BCUT2D eigenvalue weighted by Crippen LogP contribution is 2.28. The van der Waals surface area contributed by atoms with Crippen LogP contribution in [0.25, 0.3) is 0 Å². The zero-order valence-corrected chi connectivity index (χ0v) is 15.8. The lowest BCUT2D eigenvalue weighted by Gasteiger charge is -2.25. The Morgan fingerprint density at radius 1 is 1.29 bits per heavy atom. The highest BCUT2D eigenvalue weighted by Gasteiger charge is 2.34. The first kappa shape index (κ1) is 19.6. The molecule has 0 saturated carbocycles. The Morgan fingerprint density at radius 3 is 2.68 bits per heavy atom. The molecule has 3 amide bonds. The molecule has 1 aliphatic rings. The van der Waals surface area contributed by atoms with E-state index in [2.05, 4.69) is 10.6 Å². The predicted molar refractivity (Wildman–Crippen MR) is 105 cm³/mol. The molecule has 28 heavy (non-hydrogen) atoms. The van der Waals surface area contributed by atoms with Crippen LogP contribution in [0.5, 0.6) is 0 Å². The number of likely N-dealkylation sites (tertiary alicyclic amines) is 1. The molecule has 2 N–H and O–H groups in total. The highest BCUT2D eigenvalue weighted by atomic mass is 35.5. The van der Waals surface area contributed by atoms with Crippen molar-refractivity contribution in [2.45, 2.75) is 25.4 Å². The third-order valence-corrected chi connectivity index (χ3v) is 4.98. The maximum Gasteiger partial charge on any atom is 0.319 e. The minimum Gasteiger partial charge on any atom is -0.334 e. The molecule has 146 valence electrons. The topological polar surface area (TPSA) is 105 Å². The summed E-state index contributed by atoms with van der Waals surface area (Å²) in [7, 11) is 0. The van der Waals surface area contributed by atoms with Gasteiger partial charge < -0.3 is 15.5 Å². The van der Waals surface area contributed by atoms with Gasteiger partial charge >= 0.3 is 6.03 Å². The van der Waals surface area contributed by atoms with E-state index in [1.165, 1.54) is 18.2 Å². The van der Waals surface area contributed by atoms with Gasteiger partial charge in [0.15, 0.2) is 0 Å². The van der Waals surface area contributed by atoms with Crippen LogP contribution < -0.4 is 10.6 Å². The van der Waals surface area contributed by atoms with Crippen molar-refractivity contribution in [1.29, 1.82) is 0 Å². The Bertz CT molecular complexity index is 906. The van der Waals surface area contributed by atoms with Crippen LogP contribution in [0.3, 0.4) is 0 Å². The number of hydrogen-bond acceptors (Lipinski definition) is 4. The summed E-state index contributed by atoms with van der Waals surface area (Å²) in [6.07, 6.45) is 0.188. The van der Waals surface area contributed by atoms with Gasteiger partial charge in [0.05, 0.1) is 27.7 Å². The van der Waals surface area contributed by atoms with E-state index < -0.39 is 11.0 Å². The van der Waals surface area contributed by atoms with Gasteiger partial charge in [0, 0.05) is 25.1 Å². The first-order valence-electron chi connectivity index (χ1n) is 8.71. The summed E-state index contributed by atoms with van der Waals surface area (Å²) in [6, 6.07) is 12.4. The van der Waals surface area contributed by atoms with E-state index >= 15 is 0 Å². The minimum atomic E-state index is -0.575. The summed E-state index contributed by atoms with van der Waals surface area (Å²) in [5.41, 5.74) is 0.968. The van der Waals surface area contributed by atoms with Gasteiger partial charge in [-0.2, -0.15) is 0 Å². The molecule has 0 radical (unpaired) electrons. The summed E-state index contributed by atoms with van der Waals surface area (Å²) in [4.78, 5) is 36.7. The molecule has 0 spiro atoms. The van der Waals surface area contributed by atoms with E-state index in [-0.39, 0.29) is 40.8 Å². The van der Waals surface area contributed by atoms with Crippen LogP contribution >= 0.6 is 11.6 Å². The van der Waals surface area contributed by atoms with Crippen molar-refractivity contribution in [1.82, 2.24) is 10.2 Å². The fourth-order valence-corrected chi connectivity index (χ4v) is 3.35. The lowest BCUT2D eigenvalue weighted by Crippen LogP contribution is -2.40. The maximum absolute atomic E-state index is 12.4. The van der Waals surface area contributed by atoms with Crippen molar-refractivity contribution in [2.24, 2.45) is 0 Å². The van der Waals surface area contributed by atoms with Crippen molar-refractivity contribution >= 4 is 34.9 Å². The number of carbonyl (C=O) groups is 2. The third-order valence-electron chi connectivity index (χ3n) is 4.65. The number of nitro groups is 1. The number of hydrogen-bond donors (Lipinski definition) is 2. The van der Waals surface area contributed by atoms with Crippen molar-refractivity contribution < 1.29 is 14.5 Å². The fourth-order valence-electron chi connectivity index (χ4n) is 3.18. The van der Waals surface area contributed by atoms with Gasteiger partial charge in [0.25, 0.3) is 5.69 Å². The Morgan fingerprint density at radius 2 is 2.00 bits per heavy atom. The lowest BCUT2D eigenvalue weighted by atomic mass is 10.1. The molecule has 0 aliphatic carbocycles. The van der Waals surface area contributed by atoms with Crippen LogP contribution in [-0.2, 0) is 4.79 Å². The Balaban J connectivity index is 1.62. The average Bonchev–Trinajstić information content (AvgIpc) is 3.03. The molecule has 8 nitrogen and oxygen atoms in total. The Hall–Kier alpha value is -3.13. The van der Waals surface area contributed by atoms with E-state index in [1.807, 2.05) is 37.3 Å². The number of halogens is 1. The molecule has 3 rings (SSSR count). The van der Waals surface area contributed by atoms with Crippen LogP contribution in [0.2, 0.25) is 5.02 Å². The van der Waals surface area contributed by atoms with Crippen LogP contribution in [0.15, 0.2) is 48.5 Å². The van der Waals surface area contributed by atoms with Crippen molar-refractivity contribution in [3.63, 3.8) is 0 Å². The molecule has 9 heteroatoms. The standard InChI is InChI=1S/C19H19ClN4O4/c1-12(13-5-3-2-4-6-13)23-11-14(9-18(23)25)21-19(26)22-17-10-15(24(27)28)7-8-16(17)20/h2-8,10,12,14H,9,11H2,1H3,(H2,21,22,26). The molecule has 2 aromatic carbocycles. The first-order chi connectivity index (χ1) is 13.3. The zero-order valence-electron chi connectivity index (χ0n) is 15.1. The number of rotatable bonds is 5. The van der Waals surface area contributed by atoms with Crippen LogP contribution in [-0.4, -0.2) is 34.3 Å². The average molecular weight is 403 g/mol. The van der Waals surface area contributed by atoms with E-state index in [0.717, 1.165) is 5.56 Å². The quantitative estimate of drug-likeness (QED) is 0.587. The Labute approximate surface area is 166 Å². The van der Waals surface area contributed by atoms with Crippen molar-refractivity contribution in [2.75, 3.05) is 11.9 Å². The number of nitro benzene ring substituents is 1. The van der Waals surface area contributed by atoms with Gasteiger partial charge in [-0.1, -0.05) is 41.9 Å². The fraction of sp³-hybridized carbons (Fsp3) is 0.263. The molecule has 2 unspecified atom stereocenters. The smallest absolute Gasteiger partial charge is 0.319 e. The molecule has 0 aromatic heterocycles. The van der Waals surface area contributed by atoms with Crippen LogP contribution in [0, 0.1) is 10.1 Å². The van der Waals surface area contributed by atoms with E-state index in [9.17, 15) is 19.7 Å². The van der Waals surface area contributed by atoms with E-state index in [4.69, 9.17) is 11.6 Å². The van der Waals surface area contributed by atoms with Crippen molar-refractivity contribution in [3.05, 3.63) is 69.2 Å². The number of carbonyl (C=O) groups excluding carboxylic acids is 2.